The Morgan fingerprint density at radius 2 is 1.43 bits per heavy atom. The van der Waals surface area contributed by atoms with Crippen LogP contribution >= 0.6 is 0 Å². The molecule has 0 radical (unpaired) electrons. The fraction of sp³-hybridized carbons (Fsp3) is 0.479. The highest BCUT2D eigenvalue weighted by Gasteiger charge is 2.50. The van der Waals surface area contributed by atoms with Gasteiger partial charge in [-0.3, -0.25) is 52.7 Å². The zero-order chi connectivity index (χ0) is 71.4. The van der Waals surface area contributed by atoms with Gasteiger partial charge in [0.2, 0.25) is 65.0 Å². The van der Waals surface area contributed by atoms with Crippen LogP contribution in [0, 0.1) is 5.82 Å². The summed E-state index contributed by atoms with van der Waals surface area (Å²) in [5.41, 5.74) is 8.57. The fourth-order valence-corrected chi connectivity index (χ4v) is 13.5. The Labute approximate surface area is 577 Å². The summed E-state index contributed by atoms with van der Waals surface area (Å²) in [7, 11) is 1.49. The van der Waals surface area contributed by atoms with Crippen LogP contribution in [0.5, 0.6) is 11.5 Å². The lowest BCUT2D eigenvalue weighted by molar-refractivity contribution is -0.148. The molecule has 0 saturated carbocycles. The van der Waals surface area contributed by atoms with Crippen LogP contribution in [-0.4, -0.2) is 191 Å². The summed E-state index contributed by atoms with van der Waals surface area (Å²) in [5, 5.41) is 36.7. The van der Waals surface area contributed by atoms with Gasteiger partial charge in [0.25, 0.3) is 0 Å². The van der Waals surface area contributed by atoms with Crippen molar-refractivity contribution in [3.8, 4) is 11.5 Å². The first-order chi connectivity index (χ1) is 48.0. The number of hydrogen-bond acceptors (Lipinski definition) is 16. The van der Waals surface area contributed by atoms with Crippen LogP contribution in [0.3, 0.4) is 0 Å². The Kier molecular flexibility index (Phi) is 23.8. The Bertz CT molecular complexity index is 3900. The number of rotatable bonds is 5. The van der Waals surface area contributed by atoms with Crippen molar-refractivity contribution in [2.24, 2.45) is 5.73 Å². The molecule has 4 aromatic carbocycles. The number of benzene rings is 4. The van der Waals surface area contributed by atoms with Crippen LogP contribution < -0.4 is 63.1 Å². The van der Waals surface area contributed by atoms with E-state index in [9.17, 15) is 33.9 Å². The molecule has 1 aromatic heterocycles. The third-order valence-corrected chi connectivity index (χ3v) is 19.1. The number of carbonyl (C=O) groups excluding carboxylic acids is 11. The molecule has 28 nitrogen and oxygen atoms in total. The van der Waals surface area contributed by atoms with Gasteiger partial charge in [-0.25, -0.2) is 4.39 Å². The number of nitrogens with one attached hydrogen (secondary N) is 9. The Morgan fingerprint density at radius 3 is 2.20 bits per heavy atom. The summed E-state index contributed by atoms with van der Waals surface area (Å²) in [6.07, 6.45) is -0.759. The number of aryl methyl sites for hydroxylation is 1. The van der Waals surface area contributed by atoms with E-state index in [1.165, 1.54) is 38.0 Å². The lowest BCUT2D eigenvalue weighted by Crippen LogP contribution is -2.64. The third kappa shape index (κ3) is 17.7. The first-order valence-electron chi connectivity index (χ1n) is 34.0. The van der Waals surface area contributed by atoms with Gasteiger partial charge in [-0.2, -0.15) is 0 Å². The standard InChI is InChI=1S/C71H88FN13O15/c1-40-63(90)81-54(35-73)65(92)78-51-31-44-9-7-10-45(29-44)36-75-60(89)39-100-56-22-27-84-62(56)67(94)82-61(41(2)86)66(93)80-52(30-42-12-16-49(98-4)17-13-42)69(96)85-26-8-23-71(85,3)70(97)74-24-21-43-11-14-46(37-76-58(87)19-20-59(88)77-40)57(32-43)99-28-6-5-25-83-38-47(33-53(68(84)95)79-64(51)91)50-34-48(72)15-18-55(50)83/h7,9-18,29,32,34,38,40-41,51-54,56,61-62,86H,5-6,8,19-28,30-31,33,35-37,39,73H2,1-4H3,(H,74,97)(H,75,89)(H,76,87)(H,77,88)(H,78,92)(H,79,91)(H,80,93)(H,81,90)(H,82,94)/t40-,41+,51-,52-,53-,54+,56-,61+,62-,71-/m0/s1. The molecular weight excluding hydrogens is 1290 g/mol. The van der Waals surface area contributed by atoms with Crippen molar-refractivity contribution in [2.75, 3.05) is 46.5 Å². The summed E-state index contributed by atoms with van der Waals surface area (Å²) in [6, 6.07) is 12.1. The van der Waals surface area contributed by atoms with E-state index in [2.05, 4.69) is 47.9 Å². The van der Waals surface area contributed by atoms with Crippen LogP contribution in [0.15, 0.2) is 91.1 Å². The number of methoxy groups -OCH3 is 1. The zero-order valence-corrected chi connectivity index (χ0v) is 56.5. The van der Waals surface area contributed by atoms with Gasteiger partial charge in [-0.05, 0) is 124 Å². The Morgan fingerprint density at radius 1 is 0.680 bits per heavy atom. The number of fused-ring (bicyclic) bond motifs is 11. The van der Waals surface area contributed by atoms with Gasteiger partial charge in [0.1, 0.15) is 71.8 Å². The second kappa shape index (κ2) is 32.8. The number of halogens is 1. The number of carbonyl (C=O) groups is 11. The van der Waals surface area contributed by atoms with E-state index in [1.807, 2.05) is 10.6 Å². The number of ether oxygens (including phenoxy) is 3. The van der Waals surface area contributed by atoms with Gasteiger partial charge in [-0.15, -0.1) is 0 Å². The minimum atomic E-state index is -1.84. The van der Waals surface area contributed by atoms with E-state index in [0.29, 0.717) is 82.4 Å². The number of nitrogens with zero attached hydrogens (tertiary/aromatic N) is 3. The second-order valence-electron chi connectivity index (χ2n) is 26.3. The van der Waals surface area contributed by atoms with Gasteiger partial charge in [0.15, 0.2) is 0 Å². The van der Waals surface area contributed by atoms with Crippen molar-refractivity contribution in [1.29, 1.82) is 0 Å². The number of aromatic nitrogens is 1. The molecule has 11 bridgehead atoms. The summed E-state index contributed by atoms with van der Waals surface area (Å²) < 4.78 is 35.6. The van der Waals surface area contributed by atoms with Crippen molar-refractivity contribution in [1.82, 2.24) is 62.2 Å². The van der Waals surface area contributed by atoms with Crippen molar-refractivity contribution >= 4 is 75.9 Å². The van der Waals surface area contributed by atoms with Crippen LogP contribution in [0.4, 0.5) is 4.39 Å². The average molecular weight is 1380 g/mol. The molecule has 11 amide bonds. The molecule has 0 aliphatic carbocycles. The van der Waals surface area contributed by atoms with Crippen LogP contribution in [-0.2, 0) is 103 Å². The van der Waals surface area contributed by atoms with Crippen molar-refractivity contribution in [2.45, 2.75) is 171 Å². The third-order valence-electron chi connectivity index (χ3n) is 19.1. The second-order valence-corrected chi connectivity index (χ2v) is 26.3. The van der Waals surface area contributed by atoms with Crippen LogP contribution in [0.2, 0.25) is 0 Å². The van der Waals surface area contributed by atoms with Crippen molar-refractivity contribution in [3.63, 3.8) is 0 Å². The molecule has 2 saturated heterocycles. The highest BCUT2D eigenvalue weighted by Crippen LogP contribution is 2.32. The molecule has 5 aromatic rings. The number of aliphatic hydroxyl groups is 1. The highest BCUT2D eigenvalue weighted by atomic mass is 19.1. The summed E-state index contributed by atoms with van der Waals surface area (Å²) in [5.74, 6) is -8.27. The smallest absolute Gasteiger partial charge is 0.246 e. The molecule has 100 heavy (non-hydrogen) atoms. The quantitative estimate of drug-likeness (QED) is 0.111. The number of nitrogens with two attached hydrogens (primary N) is 1. The molecule has 0 spiro atoms. The predicted octanol–water partition coefficient (Wildman–Crippen LogP) is 0.0236. The molecular formula is C71H88FN13O15. The van der Waals surface area contributed by atoms with Gasteiger partial charge in [0.05, 0.1) is 25.9 Å². The number of amides is 11. The summed E-state index contributed by atoms with van der Waals surface area (Å²) >= 11 is 0. The van der Waals surface area contributed by atoms with Gasteiger partial charge < -0.3 is 87.3 Å². The van der Waals surface area contributed by atoms with Crippen molar-refractivity contribution in [3.05, 3.63) is 130 Å². The first-order valence-corrected chi connectivity index (χ1v) is 34.0. The molecule has 2 fully saturated rings. The fourth-order valence-electron chi connectivity index (χ4n) is 13.5. The molecule has 534 valence electrons. The maximum Gasteiger partial charge on any atom is 0.246 e. The minimum absolute atomic E-state index is 0.0140. The van der Waals surface area contributed by atoms with E-state index in [4.69, 9.17) is 19.9 Å². The van der Waals surface area contributed by atoms with E-state index in [0.717, 1.165) is 10.5 Å². The topological polar surface area (TPSA) is 381 Å². The van der Waals surface area contributed by atoms with Gasteiger partial charge in [0, 0.05) is 101 Å². The molecule has 10 rings (SSSR count). The van der Waals surface area contributed by atoms with E-state index >= 15 is 28.4 Å². The monoisotopic (exact) mass is 1380 g/mol. The van der Waals surface area contributed by atoms with Gasteiger partial charge in [-0.1, -0.05) is 48.5 Å². The minimum Gasteiger partial charge on any atom is -0.497 e. The van der Waals surface area contributed by atoms with E-state index < -0.39 is 144 Å². The van der Waals surface area contributed by atoms with Crippen molar-refractivity contribution < 1.29 is 76.4 Å². The average Bonchev–Trinajstić information content (AvgIpc) is 1.59. The maximum absolute atomic E-state index is 16.0. The maximum atomic E-state index is 16.0. The molecule has 5 aliphatic heterocycles. The SMILES string of the molecule is COc1ccc(C[C@@H]2NC(=O)[C@@H]([C@@H](C)O)NC(=O)[C@@H]3[C@@H]4CCN3C(=O)[C@@H]3Cc5cn(c6ccc(F)cc56)CCCCOc5cc(ccc5CNC(=O)CCC(=O)N[C@@H](C)C(=O)N[C@H](CN)C(=O)N[C@@H](Cc5cccc(c5)CNC(=O)CO4)C(=O)N3)CCNC(=O)[C@]3(C)CCCN3C2=O)cc1. The lowest BCUT2D eigenvalue weighted by Gasteiger charge is -2.37. The highest BCUT2D eigenvalue weighted by molar-refractivity contribution is 6.00. The Hall–Kier alpha value is -10.00. The van der Waals surface area contributed by atoms with Crippen LogP contribution in [0.1, 0.15) is 99.1 Å². The number of aliphatic hydroxyl groups excluding tert-OH is 1. The molecule has 10 atom stereocenters. The summed E-state index contributed by atoms with van der Waals surface area (Å²) in [4.78, 5) is 163. The largest absolute Gasteiger partial charge is 0.497 e. The molecule has 29 heteroatoms. The van der Waals surface area contributed by atoms with E-state index in [1.54, 1.807) is 79.9 Å². The zero-order valence-electron chi connectivity index (χ0n) is 56.5. The predicted molar refractivity (Wildman–Crippen MR) is 360 cm³/mol. The Balaban J connectivity index is 1.09. The number of hydrogen-bond donors (Lipinski definition) is 11. The van der Waals surface area contributed by atoms with Crippen LogP contribution in [0.25, 0.3) is 10.9 Å². The molecule has 6 heterocycles. The molecule has 0 unspecified atom stereocenters. The van der Waals surface area contributed by atoms with E-state index in [-0.39, 0.29) is 84.3 Å². The lowest BCUT2D eigenvalue weighted by atomic mass is 9.95. The molecule has 5 aliphatic rings. The first kappa shape index (κ1) is 72.7. The molecule has 12 N–H and O–H groups in total. The normalized spacial score (nSPS) is 26.1. The van der Waals surface area contributed by atoms with Gasteiger partial charge >= 0.3 is 0 Å². The summed E-state index contributed by atoms with van der Waals surface area (Å²) in [6.45, 7) is 3.54.